The maximum absolute atomic E-state index is 11.5. The van der Waals surface area contributed by atoms with Gasteiger partial charge in [0.1, 0.15) is 0 Å². The van der Waals surface area contributed by atoms with Crippen LogP contribution in [0.3, 0.4) is 0 Å². The van der Waals surface area contributed by atoms with Crippen LogP contribution < -0.4 is 5.32 Å². The molecule has 0 saturated heterocycles. The van der Waals surface area contributed by atoms with Gasteiger partial charge in [-0.1, -0.05) is 0 Å². The average Bonchev–Trinajstić information content (AvgIpc) is 2.20. The number of nitrogens with zero attached hydrogens (tertiary/aromatic N) is 1. The van der Waals surface area contributed by atoms with Gasteiger partial charge >= 0.3 is 0 Å². The van der Waals surface area contributed by atoms with E-state index in [1.165, 1.54) is 4.31 Å². The van der Waals surface area contributed by atoms with Crippen LogP contribution in [0.5, 0.6) is 0 Å². The summed E-state index contributed by atoms with van der Waals surface area (Å²) in [7, 11) is 0.00750. The summed E-state index contributed by atoms with van der Waals surface area (Å²) < 4.78 is 24.2. The molecule has 1 rings (SSSR count). The van der Waals surface area contributed by atoms with Gasteiger partial charge in [-0.2, -0.15) is 0 Å². The van der Waals surface area contributed by atoms with E-state index < -0.39 is 10.0 Å². The van der Waals surface area contributed by atoms with Crippen LogP contribution in [0.15, 0.2) is 0 Å². The van der Waals surface area contributed by atoms with Gasteiger partial charge in [-0.05, 0) is 25.7 Å². The van der Waals surface area contributed by atoms with Crippen LogP contribution in [-0.4, -0.2) is 56.4 Å². The lowest BCUT2D eigenvalue weighted by molar-refractivity contribution is 0.117. The molecule has 1 aliphatic carbocycles. The predicted octanol–water partition coefficient (Wildman–Crippen LogP) is -0.229. The van der Waals surface area contributed by atoms with Gasteiger partial charge in [-0.25, -0.2) is 12.7 Å². The molecule has 0 heterocycles. The first-order valence-electron chi connectivity index (χ1n) is 5.73. The molecule has 0 amide bonds. The van der Waals surface area contributed by atoms with Crippen molar-refractivity contribution in [3.63, 3.8) is 0 Å². The van der Waals surface area contributed by atoms with E-state index >= 15 is 0 Å². The molecular weight excluding hydrogens is 228 g/mol. The highest BCUT2D eigenvalue weighted by molar-refractivity contribution is 7.89. The third kappa shape index (κ3) is 4.37. The van der Waals surface area contributed by atoms with Gasteiger partial charge < -0.3 is 10.4 Å². The molecule has 1 saturated carbocycles. The molecule has 1 fully saturated rings. The van der Waals surface area contributed by atoms with Gasteiger partial charge in [-0.3, -0.25) is 0 Å². The molecule has 0 radical (unpaired) electrons. The zero-order valence-corrected chi connectivity index (χ0v) is 10.8. The Morgan fingerprint density at radius 1 is 1.25 bits per heavy atom. The third-order valence-electron chi connectivity index (χ3n) is 3.05. The molecule has 0 atom stereocenters. The first kappa shape index (κ1) is 13.9. The van der Waals surface area contributed by atoms with Crippen LogP contribution in [0.25, 0.3) is 0 Å². The van der Waals surface area contributed by atoms with Gasteiger partial charge in [0.15, 0.2) is 0 Å². The number of aliphatic hydroxyl groups excluding tert-OH is 1. The molecule has 0 aliphatic heterocycles. The average molecular weight is 250 g/mol. The quantitative estimate of drug-likeness (QED) is 0.707. The topological polar surface area (TPSA) is 69.6 Å². The zero-order chi connectivity index (χ0) is 12.2. The monoisotopic (exact) mass is 250 g/mol. The van der Waals surface area contributed by atoms with Crippen molar-refractivity contribution >= 4 is 10.0 Å². The summed E-state index contributed by atoms with van der Waals surface area (Å²) in [4.78, 5) is 0. The number of rotatable bonds is 5. The summed E-state index contributed by atoms with van der Waals surface area (Å²) in [6.07, 6.45) is 3.34. The minimum absolute atomic E-state index is 0.138. The van der Waals surface area contributed by atoms with Gasteiger partial charge in [0, 0.05) is 26.7 Å². The lowest BCUT2D eigenvalue weighted by Gasteiger charge is -2.26. The lowest BCUT2D eigenvalue weighted by Crippen LogP contribution is -2.38. The van der Waals surface area contributed by atoms with Crippen molar-refractivity contribution in [3.05, 3.63) is 0 Å². The maximum Gasteiger partial charge on any atom is 0.214 e. The second-order valence-corrected chi connectivity index (χ2v) is 6.86. The molecule has 1 aliphatic rings. The fourth-order valence-electron chi connectivity index (χ4n) is 1.85. The Labute approximate surface area is 97.9 Å². The highest BCUT2D eigenvalue weighted by Crippen LogP contribution is 2.17. The Bertz CT molecular complexity index is 295. The minimum atomic E-state index is -3.09. The fraction of sp³-hybridized carbons (Fsp3) is 1.00. The summed E-state index contributed by atoms with van der Waals surface area (Å²) in [5, 5.41) is 12.6. The van der Waals surface area contributed by atoms with E-state index in [0.29, 0.717) is 12.6 Å². The van der Waals surface area contributed by atoms with E-state index in [1.807, 2.05) is 0 Å². The van der Waals surface area contributed by atoms with E-state index in [-0.39, 0.29) is 11.9 Å². The van der Waals surface area contributed by atoms with E-state index in [0.717, 1.165) is 25.7 Å². The Balaban J connectivity index is 2.21. The smallest absolute Gasteiger partial charge is 0.214 e. The van der Waals surface area contributed by atoms with E-state index in [4.69, 9.17) is 0 Å². The first-order chi connectivity index (χ1) is 7.42. The summed E-state index contributed by atoms with van der Waals surface area (Å²) in [5.41, 5.74) is 0. The third-order valence-corrected chi connectivity index (χ3v) is 4.88. The van der Waals surface area contributed by atoms with Crippen LogP contribution >= 0.6 is 0 Å². The largest absolute Gasteiger partial charge is 0.393 e. The van der Waals surface area contributed by atoms with Gasteiger partial charge in [0.2, 0.25) is 10.0 Å². The number of aliphatic hydroxyl groups is 1. The Morgan fingerprint density at radius 3 is 2.31 bits per heavy atom. The van der Waals surface area contributed by atoms with Gasteiger partial charge in [0.05, 0.1) is 11.9 Å². The summed E-state index contributed by atoms with van der Waals surface area (Å²) in [6, 6.07) is 0.362. The molecule has 0 unspecified atom stereocenters. The molecular formula is C10H22N2O3S. The van der Waals surface area contributed by atoms with Crippen molar-refractivity contribution in [2.45, 2.75) is 37.8 Å². The minimum Gasteiger partial charge on any atom is -0.393 e. The lowest BCUT2D eigenvalue weighted by atomic mass is 9.93. The summed E-state index contributed by atoms with van der Waals surface area (Å²) in [6.45, 7) is 0.487. The highest BCUT2D eigenvalue weighted by atomic mass is 32.2. The number of hydrogen-bond donors (Lipinski definition) is 2. The standard InChI is InChI=1S/C10H22N2O3S/c1-12(2)16(14,15)8-7-11-9-3-5-10(13)6-4-9/h9-11,13H,3-8H2,1-2H3. The summed E-state index contributed by atoms with van der Waals surface area (Å²) >= 11 is 0. The molecule has 6 heteroatoms. The molecule has 5 nitrogen and oxygen atoms in total. The van der Waals surface area contributed by atoms with Crippen LogP contribution in [0.4, 0.5) is 0 Å². The second kappa shape index (κ2) is 5.95. The van der Waals surface area contributed by atoms with E-state index in [1.54, 1.807) is 14.1 Å². The van der Waals surface area contributed by atoms with Crippen LogP contribution in [0.2, 0.25) is 0 Å². The molecule has 0 aromatic heterocycles. The fourth-order valence-corrected chi connectivity index (χ4v) is 2.60. The Hall–Kier alpha value is -0.170. The molecule has 16 heavy (non-hydrogen) atoms. The molecule has 2 N–H and O–H groups in total. The molecule has 0 aromatic carbocycles. The number of sulfonamides is 1. The normalized spacial score (nSPS) is 27.2. The van der Waals surface area contributed by atoms with E-state index in [9.17, 15) is 13.5 Å². The van der Waals surface area contributed by atoms with Gasteiger partial charge in [-0.15, -0.1) is 0 Å². The van der Waals surface area contributed by atoms with Gasteiger partial charge in [0.25, 0.3) is 0 Å². The predicted molar refractivity (Wildman–Crippen MR) is 63.7 cm³/mol. The Kier molecular flexibility index (Phi) is 5.17. The van der Waals surface area contributed by atoms with Crippen LogP contribution in [-0.2, 0) is 10.0 Å². The van der Waals surface area contributed by atoms with Crippen LogP contribution in [0, 0.1) is 0 Å². The molecule has 0 bridgehead atoms. The van der Waals surface area contributed by atoms with Crippen molar-refractivity contribution < 1.29 is 13.5 Å². The van der Waals surface area contributed by atoms with Crippen molar-refractivity contribution in [2.75, 3.05) is 26.4 Å². The molecule has 0 spiro atoms. The van der Waals surface area contributed by atoms with Crippen molar-refractivity contribution in [1.82, 2.24) is 9.62 Å². The number of hydrogen-bond acceptors (Lipinski definition) is 4. The SMILES string of the molecule is CN(C)S(=O)(=O)CCNC1CCC(O)CC1. The van der Waals surface area contributed by atoms with Crippen molar-refractivity contribution in [2.24, 2.45) is 0 Å². The van der Waals surface area contributed by atoms with Crippen LogP contribution in [0.1, 0.15) is 25.7 Å². The molecule has 0 aromatic rings. The molecule has 96 valence electrons. The summed E-state index contributed by atoms with van der Waals surface area (Å²) in [5.74, 6) is 0.138. The number of nitrogens with one attached hydrogen (secondary N) is 1. The second-order valence-electron chi connectivity index (χ2n) is 4.56. The van der Waals surface area contributed by atoms with Crippen molar-refractivity contribution in [1.29, 1.82) is 0 Å². The zero-order valence-electron chi connectivity index (χ0n) is 10.0. The van der Waals surface area contributed by atoms with Crippen molar-refractivity contribution in [3.8, 4) is 0 Å². The Morgan fingerprint density at radius 2 is 1.81 bits per heavy atom. The highest BCUT2D eigenvalue weighted by Gasteiger charge is 2.20. The first-order valence-corrected chi connectivity index (χ1v) is 7.34. The maximum atomic E-state index is 11.5. The van der Waals surface area contributed by atoms with E-state index in [2.05, 4.69) is 5.32 Å².